The van der Waals surface area contributed by atoms with Gasteiger partial charge < -0.3 is 5.32 Å². The molecule has 1 fully saturated rings. The largest absolute Gasteiger partial charge is 0.364 e. The standard InChI is InChI=1S/C9H6Cl2N2O2S/c10-4-1-2-5(11)6(3-4)12-8-7(14)13-9(15)16-8/h1-3,8,12H,(H,13,14,15)/t8-/m0/s1. The molecule has 1 aliphatic heterocycles. The van der Waals surface area contributed by atoms with Crippen LogP contribution >= 0.6 is 35.0 Å². The van der Waals surface area contributed by atoms with Gasteiger partial charge >= 0.3 is 0 Å². The normalized spacial score (nSPS) is 19.8. The van der Waals surface area contributed by atoms with E-state index in [0.717, 1.165) is 11.8 Å². The second-order valence-corrected chi connectivity index (χ2v) is 4.96. The molecule has 84 valence electrons. The van der Waals surface area contributed by atoms with Gasteiger partial charge in [0.25, 0.3) is 11.1 Å². The zero-order valence-corrected chi connectivity index (χ0v) is 10.1. The number of amides is 2. The quantitative estimate of drug-likeness (QED) is 0.872. The summed E-state index contributed by atoms with van der Waals surface area (Å²) in [6, 6.07) is 4.86. The molecular formula is C9H6Cl2N2O2S. The smallest absolute Gasteiger partial charge is 0.288 e. The van der Waals surface area contributed by atoms with E-state index in [-0.39, 0.29) is 11.1 Å². The van der Waals surface area contributed by atoms with E-state index in [4.69, 9.17) is 23.2 Å². The maximum Gasteiger partial charge on any atom is 0.288 e. The Morgan fingerprint density at radius 1 is 1.31 bits per heavy atom. The van der Waals surface area contributed by atoms with E-state index in [0.29, 0.717) is 15.7 Å². The van der Waals surface area contributed by atoms with Crippen LogP contribution in [0.1, 0.15) is 0 Å². The van der Waals surface area contributed by atoms with Gasteiger partial charge in [0.05, 0.1) is 10.7 Å². The van der Waals surface area contributed by atoms with Gasteiger partial charge in [-0.05, 0) is 30.0 Å². The van der Waals surface area contributed by atoms with E-state index in [1.54, 1.807) is 18.2 Å². The van der Waals surface area contributed by atoms with Crippen LogP contribution < -0.4 is 10.6 Å². The molecule has 1 atom stereocenters. The van der Waals surface area contributed by atoms with Gasteiger partial charge in [-0.2, -0.15) is 0 Å². The van der Waals surface area contributed by atoms with Gasteiger partial charge in [-0.15, -0.1) is 0 Å². The summed E-state index contributed by atoms with van der Waals surface area (Å²) < 4.78 is 0. The molecule has 7 heteroatoms. The number of imide groups is 1. The summed E-state index contributed by atoms with van der Waals surface area (Å²) in [6.07, 6.45) is 0. The molecule has 0 bridgehead atoms. The predicted molar refractivity (Wildman–Crippen MR) is 65.0 cm³/mol. The summed E-state index contributed by atoms with van der Waals surface area (Å²) in [7, 11) is 0. The molecule has 1 aromatic carbocycles. The van der Waals surface area contributed by atoms with Gasteiger partial charge in [0.1, 0.15) is 0 Å². The summed E-state index contributed by atoms with van der Waals surface area (Å²) in [6.45, 7) is 0. The van der Waals surface area contributed by atoms with Crippen LogP contribution in [-0.2, 0) is 4.79 Å². The maximum atomic E-state index is 11.3. The Morgan fingerprint density at radius 3 is 2.69 bits per heavy atom. The first-order valence-electron chi connectivity index (χ1n) is 4.29. The Balaban J connectivity index is 2.18. The third-order valence-corrected chi connectivity index (χ3v) is 3.35. The fourth-order valence-corrected chi connectivity index (χ4v) is 2.27. The van der Waals surface area contributed by atoms with E-state index in [2.05, 4.69) is 10.6 Å². The highest BCUT2D eigenvalue weighted by Crippen LogP contribution is 2.29. The summed E-state index contributed by atoms with van der Waals surface area (Å²) in [5.41, 5.74) is 0.525. The molecule has 0 aromatic heterocycles. The number of anilines is 1. The van der Waals surface area contributed by atoms with Crippen LogP contribution in [0.25, 0.3) is 0 Å². The van der Waals surface area contributed by atoms with Crippen LogP contribution in [0, 0.1) is 0 Å². The fraction of sp³-hybridized carbons (Fsp3) is 0.111. The van der Waals surface area contributed by atoms with Crippen molar-refractivity contribution in [1.82, 2.24) is 5.32 Å². The zero-order chi connectivity index (χ0) is 11.7. The Bertz CT molecular complexity index is 467. The van der Waals surface area contributed by atoms with Crippen molar-refractivity contribution in [1.29, 1.82) is 0 Å². The van der Waals surface area contributed by atoms with Gasteiger partial charge in [0, 0.05) is 5.02 Å². The summed E-state index contributed by atoms with van der Waals surface area (Å²) >= 11 is 12.6. The number of rotatable bonds is 2. The molecule has 4 nitrogen and oxygen atoms in total. The predicted octanol–water partition coefficient (Wildman–Crippen LogP) is 2.71. The van der Waals surface area contributed by atoms with Crippen LogP contribution in [0.3, 0.4) is 0 Å². The van der Waals surface area contributed by atoms with Gasteiger partial charge in [0.15, 0.2) is 5.37 Å². The average molecular weight is 277 g/mol. The van der Waals surface area contributed by atoms with Crippen molar-refractivity contribution in [3.05, 3.63) is 28.2 Å². The van der Waals surface area contributed by atoms with Gasteiger partial charge in [0.2, 0.25) is 0 Å². The summed E-state index contributed by atoms with van der Waals surface area (Å²) in [4.78, 5) is 22.2. The lowest BCUT2D eigenvalue weighted by Crippen LogP contribution is -2.29. The fourth-order valence-electron chi connectivity index (χ4n) is 1.20. The molecule has 16 heavy (non-hydrogen) atoms. The molecule has 0 saturated carbocycles. The van der Waals surface area contributed by atoms with E-state index in [1.807, 2.05) is 0 Å². The third kappa shape index (κ3) is 2.42. The lowest BCUT2D eigenvalue weighted by molar-refractivity contribution is -0.118. The topological polar surface area (TPSA) is 58.2 Å². The SMILES string of the molecule is O=C1NC(=O)[C@@H](Nc2cc(Cl)ccc2Cl)S1. The Hall–Kier alpha value is -0.910. The second kappa shape index (κ2) is 4.53. The minimum atomic E-state index is -0.663. The van der Waals surface area contributed by atoms with Crippen molar-refractivity contribution >= 4 is 51.8 Å². The summed E-state index contributed by atoms with van der Waals surface area (Å²) in [5.74, 6) is -0.383. The maximum absolute atomic E-state index is 11.3. The van der Waals surface area contributed by atoms with Crippen LogP contribution in [-0.4, -0.2) is 16.5 Å². The number of benzene rings is 1. The van der Waals surface area contributed by atoms with E-state index in [1.165, 1.54) is 0 Å². The Kier molecular flexibility index (Phi) is 3.28. The molecule has 0 radical (unpaired) electrons. The molecule has 0 unspecified atom stereocenters. The van der Waals surface area contributed by atoms with Gasteiger partial charge in [-0.1, -0.05) is 23.2 Å². The minimum absolute atomic E-state index is 0.374. The number of hydrogen-bond acceptors (Lipinski definition) is 4. The van der Waals surface area contributed by atoms with Crippen molar-refractivity contribution < 1.29 is 9.59 Å². The van der Waals surface area contributed by atoms with Crippen molar-refractivity contribution in [2.24, 2.45) is 0 Å². The first-order chi connectivity index (χ1) is 7.56. The lowest BCUT2D eigenvalue weighted by Gasteiger charge is -2.11. The van der Waals surface area contributed by atoms with E-state index in [9.17, 15) is 9.59 Å². The van der Waals surface area contributed by atoms with Crippen LogP contribution in [0.5, 0.6) is 0 Å². The molecule has 1 heterocycles. The highest BCUT2D eigenvalue weighted by atomic mass is 35.5. The van der Waals surface area contributed by atoms with Crippen LogP contribution in [0.4, 0.5) is 10.5 Å². The first kappa shape index (κ1) is 11.6. The van der Waals surface area contributed by atoms with E-state index >= 15 is 0 Å². The molecule has 2 N–H and O–H groups in total. The molecule has 1 aromatic rings. The highest BCUT2D eigenvalue weighted by molar-refractivity contribution is 8.15. The van der Waals surface area contributed by atoms with Gasteiger partial charge in [-0.25, -0.2) is 0 Å². The molecule has 0 spiro atoms. The number of hydrogen-bond donors (Lipinski definition) is 2. The monoisotopic (exact) mass is 276 g/mol. The van der Waals surface area contributed by atoms with Crippen LogP contribution in [0.2, 0.25) is 10.0 Å². The highest BCUT2D eigenvalue weighted by Gasteiger charge is 2.31. The molecular weight excluding hydrogens is 271 g/mol. The Labute approximate surface area is 106 Å². The lowest BCUT2D eigenvalue weighted by atomic mass is 10.3. The number of carbonyl (C=O) groups is 2. The van der Waals surface area contributed by atoms with Crippen molar-refractivity contribution in [3.63, 3.8) is 0 Å². The van der Waals surface area contributed by atoms with Crippen molar-refractivity contribution in [3.8, 4) is 0 Å². The molecule has 2 amide bonds. The van der Waals surface area contributed by atoms with E-state index < -0.39 is 5.37 Å². The third-order valence-electron chi connectivity index (χ3n) is 1.90. The second-order valence-electron chi connectivity index (χ2n) is 3.04. The molecule has 1 aliphatic rings. The Morgan fingerprint density at radius 2 is 2.06 bits per heavy atom. The molecule has 1 saturated heterocycles. The number of carbonyl (C=O) groups excluding carboxylic acids is 2. The molecule has 2 rings (SSSR count). The summed E-state index contributed by atoms with van der Waals surface area (Å²) in [5, 5.41) is 4.92. The van der Waals surface area contributed by atoms with Gasteiger partial charge in [-0.3, -0.25) is 14.9 Å². The van der Waals surface area contributed by atoms with Crippen molar-refractivity contribution in [2.75, 3.05) is 5.32 Å². The zero-order valence-electron chi connectivity index (χ0n) is 7.79. The number of nitrogens with one attached hydrogen (secondary N) is 2. The molecule has 0 aliphatic carbocycles. The first-order valence-corrected chi connectivity index (χ1v) is 5.93. The minimum Gasteiger partial charge on any atom is -0.364 e. The number of thioether (sulfide) groups is 1. The van der Waals surface area contributed by atoms with Crippen molar-refractivity contribution in [2.45, 2.75) is 5.37 Å². The number of halogens is 2. The average Bonchev–Trinajstić information content (AvgIpc) is 2.51. The van der Waals surface area contributed by atoms with Crippen LogP contribution in [0.15, 0.2) is 18.2 Å².